The van der Waals surface area contributed by atoms with Crippen molar-refractivity contribution in [1.82, 2.24) is 9.97 Å². The lowest BCUT2D eigenvalue weighted by atomic mass is 10.0. The monoisotopic (exact) mass is 229 g/mol. The van der Waals surface area contributed by atoms with Crippen LogP contribution in [0, 0.1) is 6.92 Å². The fraction of sp³-hybridized carbons (Fsp3) is 0.231. The van der Waals surface area contributed by atoms with E-state index < -0.39 is 0 Å². The lowest BCUT2D eigenvalue weighted by molar-refractivity contribution is 0.411. The van der Waals surface area contributed by atoms with Crippen molar-refractivity contribution in [3.05, 3.63) is 53.6 Å². The molecule has 2 N–H and O–H groups in total. The van der Waals surface area contributed by atoms with Gasteiger partial charge in [-0.1, -0.05) is 12.1 Å². The Labute approximate surface area is 100 Å². The van der Waals surface area contributed by atoms with E-state index in [1.165, 1.54) is 6.33 Å². The predicted molar refractivity (Wildman–Crippen MR) is 65.8 cm³/mol. The van der Waals surface area contributed by atoms with Gasteiger partial charge in [0.05, 0.1) is 13.2 Å². The maximum Gasteiger partial charge on any atom is 0.122 e. The summed E-state index contributed by atoms with van der Waals surface area (Å²) in [5.41, 5.74) is 9.12. The van der Waals surface area contributed by atoms with Gasteiger partial charge < -0.3 is 10.5 Å². The number of rotatable bonds is 3. The van der Waals surface area contributed by atoms with E-state index in [-0.39, 0.29) is 6.04 Å². The van der Waals surface area contributed by atoms with Crippen molar-refractivity contribution >= 4 is 0 Å². The molecule has 0 radical (unpaired) electrons. The highest BCUT2D eigenvalue weighted by Gasteiger charge is 2.11. The van der Waals surface area contributed by atoms with Crippen LogP contribution >= 0.6 is 0 Å². The maximum absolute atomic E-state index is 6.15. The fourth-order valence-corrected chi connectivity index (χ4v) is 1.69. The number of aryl methyl sites for hydroxylation is 1. The molecule has 0 aliphatic rings. The number of aromatic nitrogens is 2. The minimum Gasteiger partial charge on any atom is -0.496 e. The lowest BCUT2D eigenvalue weighted by Crippen LogP contribution is -2.12. The average Bonchev–Trinajstić information content (AvgIpc) is 2.39. The van der Waals surface area contributed by atoms with Crippen LogP contribution in [0.5, 0.6) is 5.75 Å². The van der Waals surface area contributed by atoms with Crippen LogP contribution in [0.3, 0.4) is 0 Å². The zero-order valence-corrected chi connectivity index (χ0v) is 9.92. The Morgan fingerprint density at radius 3 is 2.53 bits per heavy atom. The van der Waals surface area contributed by atoms with E-state index in [2.05, 4.69) is 9.97 Å². The molecule has 4 nitrogen and oxygen atoms in total. The van der Waals surface area contributed by atoms with E-state index >= 15 is 0 Å². The molecule has 17 heavy (non-hydrogen) atoms. The van der Waals surface area contributed by atoms with Crippen molar-refractivity contribution in [2.24, 2.45) is 5.73 Å². The number of benzene rings is 1. The highest BCUT2D eigenvalue weighted by Crippen LogP contribution is 2.25. The maximum atomic E-state index is 6.15. The smallest absolute Gasteiger partial charge is 0.122 e. The third kappa shape index (κ3) is 2.42. The van der Waals surface area contributed by atoms with E-state index in [4.69, 9.17) is 10.5 Å². The highest BCUT2D eigenvalue weighted by molar-refractivity contribution is 5.40. The minimum absolute atomic E-state index is 0.231. The van der Waals surface area contributed by atoms with Crippen LogP contribution in [-0.2, 0) is 0 Å². The third-order valence-corrected chi connectivity index (χ3v) is 2.73. The molecule has 1 aromatic carbocycles. The highest BCUT2D eigenvalue weighted by atomic mass is 16.5. The number of methoxy groups -OCH3 is 1. The van der Waals surface area contributed by atoms with Gasteiger partial charge in [0.1, 0.15) is 12.1 Å². The summed E-state index contributed by atoms with van der Waals surface area (Å²) < 4.78 is 5.28. The Morgan fingerprint density at radius 2 is 1.88 bits per heavy atom. The summed E-state index contributed by atoms with van der Waals surface area (Å²) in [7, 11) is 1.66. The number of hydrogen-bond donors (Lipinski definition) is 1. The molecule has 4 heteroatoms. The standard InChI is InChI=1S/C13H15N3O/c1-9-3-4-10(5-12(9)17-2)13(14)11-6-15-8-16-7-11/h3-8,13H,14H2,1-2H3. The Balaban J connectivity index is 2.34. The van der Waals surface area contributed by atoms with E-state index in [1.54, 1.807) is 19.5 Å². The first-order chi connectivity index (χ1) is 8.22. The van der Waals surface area contributed by atoms with Crippen LogP contribution in [0.15, 0.2) is 36.9 Å². The van der Waals surface area contributed by atoms with Gasteiger partial charge in [0, 0.05) is 18.0 Å². The Kier molecular flexibility index (Phi) is 3.35. The predicted octanol–water partition coefficient (Wildman–Crippen LogP) is 1.84. The van der Waals surface area contributed by atoms with E-state index in [0.29, 0.717) is 0 Å². The van der Waals surface area contributed by atoms with Crippen molar-refractivity contribution in [2.75, 3.05) is 7.11 Å². The first-order valence-corrected chi connectivity index (χ1v) is 5.37. The van der Waals surface area contributed by atoms with Gasteiger partial charge in [0.2, 0.25) is 0 Å². The zero-order valence-electron chi connectivity index (χ0n) is 9.92. The second kappa shape index (κ2) is 4.93. The fourth-order valence-electron chi connectivity index (χ4n) is 1.69. The quantitative estimate of drug-likeness (QED) is 0.872. The molecule has 0 aliphatic heterocycles. The topological polar surface area (TPSA) is 61.0 Å². The Morgan fingerprint density at radius 1 is 1.18 bits per heavy atom. The van der Waals surface area contributed by atoms with Gasteiger partial charge in [0.25, 0.3) is 0 Å². The molecule has 0 saturated carbocycles. The van der Waals surface area contributed by atoms with Crippen LogP contribution in [0.1, 0.15) is 22.7 Å². The average molecular weight is 229 g/mol. The van der Waals surface area contributed by atoms with E-state index in [1.807, 2.05) is 25.1 Å². The van der Waals surface area contributed by atoms with E-state index in [9.17, 15) is 0 Å². The normalized spacial score (nSPS) is 12.2. The molecule has 0 spiro atoms. The first kappa shape index (κ1) is 11.5. The molecule has 1 unspecified atom stereocenters. The van der Waals surface area contributed by atoms with Crippen LogP contribution in [0.2, 0.25) is 0 Å². The third-order valence-electron chi connectivity index (χ3n) is 2.73. The molecule has 1 atom stereocenters. The molecular formula is C13H15N3O. The number of nitrogens with two attached hydrogens (primary N) is 1. The lowest BCUT2D eigenvalue weighted by Gasteiger charge is -2.13. The number of hydrogen-bond acceptors (Lipinski definition) is 4. The molecule has 88 valence electrons. The SMILES string of the molecule is COc1cc(C(N)c2cncnc2)ccc1C. The number of ether oxygens (including phenoxy) is 1. The van der Waals surface area contributed by atoms with Crippen LogP contribution in [0.25, 0.3) is 0 Å². The Hall–Kier alpha value is -1.94. The van der Waals surface area contributed by atoms with Gasteiger partial charge in [-0.2, -0.15) is 0 Å². The molecule has 2 aromatic rings. The zero-order chi connectivity index (χ0) is 12.3. The van der Waals surface area contributed by atoms with Crippen molar-refractivity contribution in [2.45, 2.75) is 13.0 Å². The van der Waals surface area contributed by atoms with Crippen molar-refractivity contribution in [3.8, 4) is 5.75 Å². The second-order valence-electron chi connectivity index (χ2n) is 3.88. The van der Waals surface area contributed by atoms with Gasteiger partial charge in [0.15, 0.2) is 0 Å². The summed E-state index contributed by atoms with van der Waals surface area (Å²) in [5, 5.41) is 0. The molecule has 0 aliphatic carbocycles. The molecule has 0 bridgehead atoms. The molecule has 1 aromatic heterocycles. The Bertz CT molecular complexity index is 499. The van der Waals surface area contributed by atoms with Crippen LogP contribution in [0.4, 0.5) is 0 Å². The first-order valence-electron chi connectivity index (χ1n) is 5.37. The minimum atomic E-state index is -0.231. The molecular weight excluding hydrogens is 214 g/mol. The van der Waals surface area contributed by atoms with E-state index in [0.717, 1.165) is 22.4 Å². The molecule has 1 heterocycles. The summed E-state index contributed by atoms with van der Waals surface area (Å²) in [5.74, 6) is 0.842. The van der Waals surface area contributed by atoms with Gasteiger partial charge in [-0.3, -0.25) is 0 Å². The summed E-state index contributed by atoms with van der Waals surface area (Å²) in [6, 6.07) is 5.71. The van der Waals surface area contributed by atoms with Gasteiger partial charge in [-0.15, -0.1) is 0 Å². The van der Waals surface area contributed by atoms with Gasteiger partial charge >= 0.3 is 0 Å². The molecule has 0 amide bonds. The summed E-state index contributed by atoms with van der Waals surface area (Å²) in [6.07, 6.45) is 4.94. The van der Waals surface area contributed by atoms with Crippen molar-refractivity contribution in [3.63, 3.8) is 0 Å². The number of nitrogens with zero attached hydrogens (tertiary/aromatic N) is 2. The summed E-state index contributed by atoms with van der Waals surface area (Å²) in [6.45, 7) is 2.00. The van der Waals surface area contributed by atoms with Crippen LogP contribution in [-0.4, -0.2) is 17.1 Å². The summed E-state index contributed by atoms with van der Waals surface area (Å²) in [4.78, 5) is 7.94. The van der Waals surface area contributed by atoms with Crippen molar-refractivity contribution < 1.29 is 4.74 Å². The summed E-state index contributed by atoms with van der Waals surface area (Å²) >= 11 is 0. The second-order valence-corrected chi connectivity index (χ2v) is 3.88. The molecule has 2 rings (SSSR count). The van der Waals surface area contributed by atoms with Crippen molar-refractivity contribution in [1.29, 1.82) is 0 Å². The largest absolute Gasteiger partial charge is 0.496 e. The van der Waals surface area contributed by atoms with Crippen LogP contribution < -0.4 is 10.5 Å². The molecule has 0 saturated heterocycles. The van der Waals surface area contributed by atoms with Gasteiger partial charge in [-0.05, 0) is 24.1 Å². The molecule has 0 fully saturated rings. The van der Waals surface area contributed by atoms with Gasteiger partial charge in [-0.25, -0.2) is 9.97 Å².